The average molecular weight is 356 g/mol. The largest absolute Gasteiger partial charge is 0.325 e. The molecule has 0 unspecified atom stereocenters. The van der Waals surface area contributed by atoms with Crippen molar-refractivity contribution in [3.8, 4) is 11.3 Å². The van der Waals surface area contributed by atoms with Gasteiger partial charge in [0, 0.05) is 29.8 Å². The van der Waals surface area contributed by atoms with Crippen LogP contribution in [0.3, 0.4) is 0 Å². The SMILES string of the molecule is CC(C)(C(=O)Nc1ccc(-c2cn3cccnc3n2)cc1)c1ccccc1. The fraction of sp³-hybridized carbons (Fsp3) is 0.136. The zero-order valence-corrected chi connectivity index (χ0v) is 15.3. The van der Waals surface area contributed by atoms with Gasteiger partial charge in [-0.2, -0.15) is 0 Å². The van der Waals surface area contributed by atoms with Crippen LogP contribution < -0.4 is 5.32 Å². The van der Waals surface area contributed by atoms with Gasteiger partial charge in [-0.25, -0.2) is 9.97 Å². The van der Waals surface area contributed by atoms with E-state index in [1.54, 1.807) is 6.20 Å². The topological polar surface area (TPSA) is 59.3 Å². The zero-order chi connectivity index (χ0) is 18.9. The summed E-state index contributed by atoms with van der Waals surface area (Å²) < 4.78 is 1.88. The molecule has 4 aromatic rings. The van der Waals surface area contributed by atoms with Crippen molar-refractivity contribution in [2.45, 2.75) is 19.3 Å². The summed E-state index contributed by atoms with van der Waals surface area (Å²) in [5.74, 6) is 0.618. The van der Waals surface area contributed by atoms with Crippen molar-refractivity contribution >= 4 is 17.4 Å². The minimum absolute atomic E-state index is 0.0432. The Kier molecular flexibility index (Phi) is 4.20. The van der Waals surface area contributed by atoms with Crippen LogP contribution >= 0.6 is 0 Å². The third-order valence-electron chi connectivity index (χ3n) is 4.74. The smallest absolute Gasteiger partial charge is 0.234 e. The summed E-state index contributed by atoms with van der Waals surface area (Å²) >= 11 is 0. The number of nitrogens with one attached hydrogen (secondary N) is 1. The summed E-state index contributed by atoms with van der Waals surface area (Å²) in [6.45, 7) is 3.85. The van der Waals surface area contributed by atoms with E-state index >= 15 is 0 Å². The number of imidazole rings is 1. The van der Waals surface area contributed by atoms with Crippen molar-refractivity contribution in [3.05, 3.63) is 84.8 Å². The second-order valence-electron chi connectivity index (χ2n) is 6.98. The second-order valence-corrected chi connectivity index (χ2v) is 6.98. The number of fused-ring (bicyclic) bond motifs is 1. The molecule has 5 nitrogen and oxygen atoms in total. The highest BCUT2D eigenvalue weighted by atomic mass is 16.2. The fourth-order valence-electron chi connectivity index (χ4n) is 2.97. The Morgan fingerprint density at radius 1 is 1.00 bits per heavy atom. The lowest BCUT2D eigenvalue weighted by atomic mass is 9.83. The van der Waals surface area contributed by atoms with E-state index < -0.39 is 5.41 Å². The van der Waals surface area contributed by atoms with E-state index in [9.17, 15) is 4.79 Å². The van der Waals surface area contributed by atoms with Gasteiger partial charge in [0.05, 0.1) is 11.1 Å². The molecule has 0 bridgehead atoms. The second kappa shape index (κ2) is 6.68. The molecule has 0 radical (unpaired) electrons. The molecule has 0 aliphatic rings. The summed E-state index contributed by atoms with van der Waals surface area (Å²) in [7, 11) is 0. The van der Waals surface area contributed by atoms with Crippen molar-refractivity contribution in [2.24, 2.45) is 0 Å². The molecular formula is C22H20N4O. The summed E-state index contributed by atoms with van der Waals surface area (Å²) in [6, 6.07) is 19.3. The van der Waals surface area contributed by atoms with Crippen molar-refractivity contribution in [1.29, 1.82) is 0 Å². The van der Waals surface area contributed by atoms with Crippen molar-refractivity contribution in [3.63, 3.8) is 0 Å². The van der Waals surface area contributed by atoms with E-state index in [-0.39, 0.29) is 5.91 Å². The number of aromatic nitrogens is 3. The monoisotopic (exact) mass is 356 g/mol. The van der Waals surface area contributed by atoms with Crippen LogP contribution in [0.4, 0.5) is 5.69 Å². The fourth-order valence-corrected chi connectivity index (χ4v) is 2.97. The van der Waals surface area contributed by atoms with E-state index in [1.807, 2.05) is 91.3 Å². The molecule has 0 spiro atoms. The molecule has 0 aliphatic carbocycles. The van der Waals surface area contributed by atoms with Crippen molar-refractivity contribution < 1.29 is 4.79 Å². The lowest BCUT2D eigenvalue weighted by molar-refractivity contribution is -0.120. The van der Waals surface area contributed by atoms with Gasteiger partial charge in [0.2, 0.25) is 11.7 Å². The average Bonchev–Trinajstić information content (AvgIpc) is 3.13. The summed E-state index contributed by atoms with van der Waals surface area (Å²) in [6.07, 6.45) is 5.58. The molecule has 0 atom stereocenters. The van der Waals surface area contributed by atoms with E-state index in [1.165, 1.54) is 0 Å². The van der Waals surface area contributed by atoms with Gasteiger partial charge in [-0.15, -0.1) is 0 Å². The molecule has 1 N–H and O–H groups in total. The molecule has 0 aliphatic heterocycles. The summed E-state index contributed by atoms with van der Waals surface area (Å²) in [5.41, 5.74) is 2.94. The Labute approximate surface area is 157 Å². The third kappa shape index (κ3) is 3.31. The zero-order valence-electron chi connectivity index (χ0n) is 15.3. The quantitative estimate of drug-likeness (QED) is 0.593. The lowest BCUT2D eigenvalue weighted by Crippen LogP contribution is -2.34. The first-order valence-electron chi connectivity index (χ1n) is 8.81. The highest BCUT2D eigenvalue weighted by molar-refractivity contribution is 5.98. The van der Waals surface area contributed by atoms with Gasteiger partial charge in [0.1, 0.15) is 0 Å². The van der Waals surface area contributed by atoms with Crippen LogP contribution in [0.1, 0.15) is 19.4 Å². The van der Waals surface area contributed by atoms with Gasteiger partial charge < -0.3 is 5.32 Å². The summed E-state index contributed by atoms with van der Waals surface area (Å²) in [4.78, 5) is 21.5. The first kappa shape index (κ1) is 17.0. The Morgan fingerprint density at radius 3 is 2.44 bits per heavy atom. The number of anilines is 1. The number of nitrogens with zero attached hydrogens (tertiary/aromatic N) is 3. The predicted octanol–water partition coefficient (Wildman–Crippen LogP) is 4.31. The number of hydrogen-bond donors (Lipinski definition) is 1. The Balaban J connectivity index is 1.53. The molecular weight excluding hydrogens is 336 g/mol. The van der Waals surface area contributed by atoms with Crippen LogP contribution in [0, 0.1) is 0 Å². The molecule has 2 aromatic heterocycles. The maximum atomic E-state index is 12.8. The van der Waals surface area contributed by atoms with E-state index in [0.29, 0.717) is 5.78 Å². The Hall–Kier alpha value is -3.47. The third-order valence-corrected chi connectivity index (χ3v) is 4.74. The van der Waals surface area contributed by atoms with Crippen LogP contribution in [-0.2, 0) is 10.2 Å². The number of hydrogen-bond acceptors (Lipinski definition) is 3. The maximum absolute atomic E-state index is 12.8. The van der Waals surface area contributed by atoms with E-state index in [0.717, 1.165) is 22.5 Å². The first-order chi connectivity index (χ1) is 13.0. The highest BCUT2D eigenvalue weighted by Gasteiger charge is 2.29. The van der Waals surface area contributed by atoms with Crippen molar-refractivity contribution in [2.75, 3.05) is 5.32 Å². The van der Waals surface area contributed by atoms with Gasteiger partial charge >= 0.3 is 0 Å². The molecule has 134 valence electrons. The van der Waals surface area contributed by atoms with E-state index in [2.05, 4.69) is 15.3 Å². The van der Waals surface area contributed by atoms with Crippen LogP contribution in [0.5, 0.6) is 0 Å². The lowest BCUT2D eigenvalue weighted by Gasteiger charge is -2.24. The van der Waals surface area contributed by atoms with Crippen LogP contribution in [0.25, 0.3) is 17.0 Å². The van der Waals surface area contributed by atoms with Gasteiger partial charge in [0.15, 0.2) is 0 Å². The minimum Gasteiger partial charge on any atom is -0.325 e. The van der Waals surface area contributed by atoms with E-state index in [4.69, 9.17) is 0 Å². The highest BCUT2D eigenvalue weighted by Crippen LogP contribution is 2.26. The summed E-state index contributed by atoms with van der Waals surface area (Å²) in [5, 5.41) is 3.01. The molecule has 2 aromatic carbocycles. The number of carbonyl (C=O) groups is 1. The molecule has 4 rings (SSSR count). The minimum atomic E-state index is -0.618. The molecule has 27 heavy (non-hydrogen) atoms. The number of carbonyl (C=O) groups excluding carboxylic acids is 1. The number of benzene rings is 2. The van der Waals surface area contributed by atoms with Crippen LogP contribution in [-0.4, -0.2) is 20.3 Å². The van der Waals surface area contributed by atoms with Gasteiger partial charge in [0.25, 0.3) is 0 Å². The molecule has 1 amide bonds. The molecule has 0 saturated heterocycles. The predicted molar refractivity (Wildman–Crippen MR) is 107 cm³/mol. The first-order valence-corrected chi connectivity index (χ1v) is 8.81. The Morgan fingerprint density at radius 2 is 1.74 bits per heavy atom. The van der Waals surface area contributed by atoms with Crippen LogP contribution in [0.15, 0.2) is 79.3 Å². The molecule has 0 fully saturated rings. The molecule has 2 heterocycles. The molecule has 5 heteroatoms. The number of amides is 1. The van der Waals surface area contributed by atoms with Gasteiger partial charge in [-0.1, -0.05) is 42.5 Å². The number of rotatable bonds is 4. The Bertz CT molecular complexity index is 1050. The van der Waals surface area contributed by atoms with Gasteiger partial charge in [-0.05, 0) is 37.6 Å². The van der Waals surface area contributed by atoms with Crippen molar-refractivity contribution in [1.82, 2.24) is 14.4 Å². The van der Waals surface area contributed by atoms with Crippen LogP contribution in [0.2, 0.25) is 0 Å². The molecule has 0 saturated carbocycles. The standard InChI is InChI=1S/C22H20N4O/c1-22(2,17-7-4-3-5-8-17)20(27)24-18-11-9-16(10-12-18)19-15-26-14-6-13-23-21(26)25-19/h3-15H,1-2H3,(H,24,27). The van der Waals surface area contributed by atoms with Gasteiger partial charge in [-0.3, -0.25) is 9.20 Å². The normalized spacial score (nSPS) is 11.5. The maximum Gasteiger partial charge on any atom is 0.234 e.